The van der Waals surface area contributed by atoms with Gasteiger partial charge in [0.25, 0.3) is 5.91 Å². The fourth-order valence-electron chi connectivity index (χ4n) is 3.48. The number of oxime groups is 1. The number of carbonyl (C=O) groups is 2. The summed E-state index contributed by atoms with van der Waals surface area (Å²) in [7, 11) is 3.47. The van der Waals surface area contributed by atoms with Crippen LogP contribution >= 0.6 is 0 Å². The Hall–Kier alpha value is -4.13. The van der Waals surface area contributed by atoms with Gasteiger partial charge in [0.05, 0.1) is 12.1 Å². The molecule has 0 aliphatic rings. The second-order valence-corrected chi connectivity index (χ2v) is 8.15. The molecule has 0 fully saturated rings. The lowest BCUT2D eigenvalue weighted by Crippen LogP contribution is -2.21. The van der Waals surface area contributed by atoms with Crippen molar-refractivity contribution in [2.24, 2.45) is 5.16 Å². The largest absolute Gasteiger partial charge is 0.490 e. The van der Waals surface area contributed by atoms with Gasteiger partial charge in [-0.3, -0.25) is 9.59 Å². The summed E-state index contributed by atoms with van der Waals surface area (Å²) in [5.41, 5.74) is 5.22. The van der Waals surface area contributed by atoms with Gasteiger partial charge in [0.1, 0.15) is 12.4 Å². The molecule has 182 valence electrons. The van der Waals surface area contributed by atoms with Crippen molar-refractivity contribution in [2.45, 2.75) is 19.8 Å². The molecule has 0 aromatic heterocycles. The molecule has 3 aromatic rings. The Morgan fingerprint density at radius 1 is 0.886 bits per heavy atom. The molecule has 0 unspecified atom stereocenters. The number of rotatable bonds is 11. The first kappa shape index (κ1) is 25.5. The Morgan fingerprint density at radius 3 is 2.09 bits per heavy atom. The van der Waals surface area contributed by atoms with Crippen LogP contribution in [0.3, 0.4) is 0 Å². The summed E-state index contributed by atoms with van der Waals surface area (Å²) in [6.45, 7) is 2.58. The van der Waals surface area contributed by atoms with Crippen molar-refractivity contribution in [3.8, 4) is 16.9 Å². The summed E-state index contributed by atoms with van der Waals surface area (Å²) in [6.07, 6.45) is 0.664. The number of hydrogen-bond acceptors (Lipinski definition) is 5. The van der Waals surface area contributed by atoms with Crippen LogP contribution in [0.5, 0.6) is 5.75 Å². The van der Waals surface area contributed by atoms with E-state index in [9.17, 15) is 9.59 Å². The molecular formula is C28H30N2O5. The first-order valence-electron chi connectivity index (χ1n) is 11.4. The summed E-state index contributed by atoms with van der Waals surface area (Å²) < 4.78 is 5.64. The monoisotopic (exact) mass is 474 g/mol. The number of hydrogen-bond donors (Lipinski definition) is 1. The quantitative estimate of drug-likeness (QED) is 0.243. The van der Waals surface area contributed by atoms with Gasteiger partial charge in [0, 0.05) is 19.7 Å². The van der Waals surface area contributed by atoms with Crippen LogP contribution in [0.4, 0.5) is 0 Å². The lowest BCUT2D eigenvalue weighted by molar-refractivity contribution is -0.136. The van der Waals surface area contributed by atoms with Crippen LogP contribution in [-0.2, 0) is 16.1 Å². The highest BCUT2D eigenvalue weighted by Gasteiger charge is 2.09. The van der Waals surface area contributed by atoms with Crippen molar-refractivity contribution in [1.29, 1.82) is 0 Å². The minimum atomic E-state index is -0.880. The lowest BCUT2D eigenvalue weighted by atomic mass is 10.0. The zero-order valence-corrected chi connectivity index (χ0v) is 20.2. The van der Waals surface area contributed by atoms with Crippen molar-refractivity contribution >= 4 is 17.6 Å². The average Bonchev–Trinajstić information content (AvgIpc) is 2.86. The molecule has 0 radical (unpaired) electrons. The van der Waals surface area contributed by atoms with Crippen molar-refractivity contribution in [1.82, 2.24) is 4.90 Å². The van der Waals surface area contributed by atoms with E-state index < -0.39 is 5.97 Å². The van der Waals surface area contributed by atoms with E-state index in [1.807, 2.05) is 55.5 Å². The number of carbonyl (C=O) groups excluding carboxylic acids is 1. The second kappa shape index (κ2) is 12.4. The number of benzene rings is 3. The van der Waals surface area contributed by atoms with E-state index in [2.05, 4.69) is 5.16 Å². The lowest BCUT2D eigenvalue weighted by Gasteiger charge is -2.11. The number of carboxylic acid groups (broad SMARTS) is 1. The Morgan fingerprint density at radius 2 is 1.51 bits per heavy atom. The highest BCUT2D eigenvalue weighted by molar-refractivity contribution is 6.00. The van der Waals surface area contributed by atoms with Gasteiger partial charge in [-0.1, -0.05) is 60.6 Å². The van der Waals surface area contributed by atoms with E-state index in [0.29, 0.717) is 29.9 Å². The molecule has 0 saturated carbocycles. The first-order chi connectivity index (χ1) is 16.9. The van der Waals surface area contributed by atoms with Gasteiger partial charge in [0.2, 0.25) is 0 Å². The number of ether oxygens (including phenoxy) is 1. The third-order valence-corrected chi connectivity index (χ3v) is 5.30. The molecule has 1 amide bonds. The van der Waals surface area contributed by atoms with Crippen LogP contribution < -0.4 is 4.74 Å². The molecule has 35 heavy (non-hydrogen) atoms. The van der Waals surface area contributed by atoms with Gasteiger partial charge in [-0.25, -0.2) is 0 Å². The molecule has 0 spiro atoms. The first-order valence-corrected chi connectivity index (χ1v) is 11.4. The van der Waals surface area contributed by atoms with E-state index in [-0.39, 0.29) is 18.9 Å². The topological polar surface area (TPSA) is 88.4 Å². The molecule has 0 bridgehead atoms. The van der Waals surface area contributed by atoms with Gasteiger partial charge < -0.3 is 19.6 Å². The maximum absolute atomic E-state index is 12.1. The number of carboxylic acids is 1. The van der Waals surface area contributed by atoms with Gasteiger partial charge in [0.15, 0.2) is 6.61 Å². The van der Waals surface area contributed by atoms with Crippen LogP contribution in [-0.4, -0.2) is 54.9 Å². The third kappa shape index (κ3) is 7.43. The summed E-state index contributed by atoms with van der Waals surface area (Å²) in [4.78, 5) is 29.9. The van der Waals surface area contributed by atoms with Gasteiger partial charge >= 0.3 is 5.97 Å². The second-order valence-electron chi connectivity index (χ2n) is 8.15. The van der Waals surface area contributed by atoms with Gasteiger partial charge in [-0.05, 0) is 52.9 Å². The van der Waals surface area contributed by atoms with Gasteiger partial charge in [-0.15, -0.1) is 0 Å². The maximum Gasteiger partial charge on any atom is 0.307 e. The van der Waals surface area contributed by atoms with E-state index in [1.165, 1.54) is 0 Å². The molecule has 3 aromatic carbocycles. The fraction of sp³-hybridized carbons (Fsp3) is 0.250. The minimum Gasteiger partial charge on any atom is -0.490 e. The zero-order valence-electron chi connectivity index (χ0n) is 20.2. The molecule has 7 nitrogen and oxygen atoms in total. The molecular weight excluding hydrogens is 444 g/mol. The normalized spacial score (nSPS) is 11.1. The smallest absolute Gasteiger partial charge is 0.307 e. The fourth-order valence-corrected chi connectivity index (χ4v) is 3.48. The van der Waals surface area contributed by atoms with E-state index in [1.54, 1.807) is 43.3 Å². The van der Waals surface area contributed by atoms with Crippen molar-refractivity contribution < 1.29 is 24.3 Å². The standard InChI is InChI=1S/C28H30N2O5/c1-4-26(29-35-17-16-34-25-7-5-6-20(18-25)19-27(31)32)23-12-8-21(9-13-23)22-10-14-24(15-11-22)28(33)30(2)3/h5-15,18H,4,16-17,19H2,1-3H3,(H,31,32)/b29-26+. The highest BCUT2D eigenvalue weighted by Crippen LogP contribution is 2.21. The van der Waals surface area contributed by atoms with Crippen molar-refractivity contribution in [3.05, 3.63) is 89.5 Å². The molecule has 1 N–H and O–H groups in total. The average molecular weight is 475 g/mol. The Balaban J connectivity index is 1.54. The maximum atomic E-state index is 12.1. The molecule has 0 atom stereocenters. The molecule has 7 heteroatoms. The summed E-state index contributed by atoms with van der Waals surface area (Å²) >= 11 is 0. The Labute approximate surface area is 205 Å². The van der Waals surface area contributed by atoms with Crippen molar-refractivity contribution in [2.75, 3.05) is 27.3 Å². The number of aliphatic carboxylic acids is 1. The molecule has 0 aliphatic heterocycles. The van der Waals surface area contributed by atoms with E-state index >= 15 is 0 Å². The van der Waals surface area contributed by atoms with Gasteiger partial charge in [-0.2, -0.15) is 0 Å². The zero-order chi connectivity index (χ0) is 25.2. The molecule has 0 aliphatic carbocycles. The van der Waals surface area contributed by atoms with Crippen LogP contribution in [0.25, 0.3) is 11.1 Å². The van der Waals surface area contributed by atoms with E-state index in [4.69, 9.17) is 14.7 Å². The van der Waals surface area contributed by atoms with Crippen LogP contribution in [0, 0.1) is 0 Å². The molecule has 0 heterocycles. The Kier molecular flexibility index (Phi) is 9.01. The summed E-state index contributed by atoms with van der Waals surface area (Å²) in [6, 6.07) is 22.6. The summed E-state index contributed by atoms with van der Waals surface area (Å²) in [5, 5.41) is 13.2. The predicted octanol–water partition coefficient (Wildman–Crippen LogP) is 4.89. The van der Waals surface area contributed by atoms with E-state index in [0.717, 1.165) is 22.4 Å². The van der Waals surface area contributed by atoms with Crippen LogP contribution in [0.1, 0.15) is 34.8 Å². The highest BCUT2D eigenvalue weighted by atomic mass is 16.6. The number of amides is 1. The van der Waals surface area contributed by atoms with Crippen LogP contribution in [0.15, 0.2) is 78.0 Å². The Bertz CT molecular complexity index is 1170. The van der Waals surface area contributed by atoms with Crippen molar-refractivity contribution in [3.63, 3.8) is 0 Å². The molecule has 3 rings (SSSR count). The van der Waals surface area contributed by atoms with Crippen LogP contribution in [0.2, 0.25) is 0 Å². The number of nitrogens with zero attached hydrogens (tertiary/aromatic N) is 2. The summed E-state index contributed by atoms with van der Waals surface area (Å²) in [5.74, 6) is -0.302. The minimum absolute atomic E-state index is 0.0206. The predicted molar refractivity (Wildman–Crippen MR) is 136 cm³/mol. The molecule has 0 saturated heterocycles. The SMILES string of the molecule is CC/C(=N\OCCOc1cccc(CC(=O)O)c1)c1ccc(-c2ccc(C(=O)N(C)C)cc2)cc1. The third-order valence-electron chi connectivity index (χ3n) is 5.30.